The lowest BCUT2D eigenvalue weighted by Crippen LogP contribution is -2.30. The molecule has 2 N–H and O–H groups in total. The van der Waals surface area contributed by atoms with Crippen LogP contribution >= 0.6 is 0 Å². The van der Waals surface area contributed by atoms with E-state index in [0.29, 0.717) is 25.3 Å². The van der Waals surface area contributed by atoms with Gasteiger partial charge in [0.15, 0.2) is 0 Å². The molecule has 0 fully saturated rings. The SMILES string of the molecule is CCNc1ccc(S(=O)(=O)N(CC)CC)cc1NC(=O)c1cc(F)ccc1F. The quantitative estimate of drug-likeness (QED) is 0.695. The van der Waals surface area contributed by atoms with Gasteiger partial charge in [-0.05, 0) is 43.3 Å². The summed E-state index contributed by atoms with van der Waals surface area (Å²) in [5.74, 6) is -2.51. The highest BCUT2D eigenvalue weighted by atomic mass is 32.2. The van der Waals surface area contributed by atoms with E-state index in [1.165, 1.54) is 22.5 Å². The van der Waals surface area contributed by atoms with Crippen LogP contribution in [0, 0.1) is 11.6 Å². The van der Waals surface area contributed by atoms with Crippen molar-refractivity contribution in [1.29, 1.82) is 0 Å². The Morgan fingerprint density at radius 2 is 1.68 bits per heavy atom. The molecule has 0 aromatic heterocycles. The number of halogens is 2. The van der Waals surface area contributed by atoms with Crippen molar-refractivity contribution in [3.63, 3.8) is 0 Å². The highest BCUT2D eigenvalue weighted by Crippen LogP contribution is 2.28. The average Bonchev–Trinajstić information content (AvgIpc) is 2.65. The highest BCUT2D eigenvalue weighted by molar-refractivity contribution is 7.89. The van der Waals surface area contributed by atoms with E-state index in [2.05, 4.69) is 10.6 Å². The van der Waals surface area contributed by atoms with E-state index >= 15 is 0 Å². The second-order valence-electron chi connectivity index (χ2n) is 5.91. The fourth-order valence-electron chi connectivity index (χ4n) is 2.71. The molecule has 9 heteroatoms. The van der Waals surface area contributed by atoms with E-state index in [1.807, 2.05) is 6.92 Å². The molecule has 0 heterocycles. The van der Waals surface area contributed by atoms with Crippen LogP contribution in [-0.4, -0.2) is 38.3 Å². The van der Waals surface area contributed by atoms with Crippen molar-refractivity contribution < 1.29 is 22.0 Å². The Kier molecular flexibility index (Phi) is 7.09. The number of carbonyl (C=O) groups excluding carboxylic acids is 1. The van der Waals surface area contributed by atoms with Crippen LogP contribution in [0.3, 0.4) is 0 Å². The third-order valence-corrected chi connectivity index (χ3v) is 6.17. The topological polar surface area (TPSA) is 78.5 Å². The summed E-state index contributed by atoms with van der Waals surface area (Å²) in [6.07, 6.45) is 0. The molecule has 0 saturated heterocycles. The fourth-order valence-corrected chi connectivity index (χ4v) is 4.19. The first kappa shape index (κ1) is 21.8. The van der Waals surface area contributed by atoms with Crippen LogP contribution in [0.15, 0.2) is 41.3 Å². The largest absolute Gasteiger partial charge is 0.384 e. The maximum Gasteiger partial charge on any atom is 0.258 e. The summed E-state index contributed by atoms with van der Waals surface area (Å²) in [4.78, 5) is 12.4. The van der Waals surface area contributed by atoms with Gasteiger partial charge in [-0.1, -0.05) is 13.8 Å². The third kappa shape index (κ3) is 4.66. The predicted octanol–water partition coefficient (Wildman–Crippen LogP) is 3.68. The molecule has 0 radical (unpaired) electrons. The zero-order valence-electron chi connectivity index (χ0n) is 15.9. The molecule has 0 bridgehead atoms. The number of amides is 1. The van der Waals surface area contributed by atoms with Gasteiger partial charge in [-0.3, -0.25) is 4.79 Å². The second kappa shape index (κ2) is 9.11. The number of rotatable bonds is 8. The maximum atomic E-state index is 13.9. The fraction of sp³-hybridized carbons (Fsp3) is 0.316. The van der Waals surface area contributed by atoms with Crippen LogP contribution in [0.4, 0.5) is 20.2 Å². The van der Waals surface area contributed by atoms with Gasteiger partial charge in [0, 0.05) is 19.6 Å². The van der Waals surface area contributed by atoms with E-state index < -0.39 is 33.1 Å². The summed E-state index contributed by atoms with van der Waals surface area (Å²) >= 11 is 0. The molecule has 0 atom stereocenters. The zero-order valence-corrected chi connectivity index (χ0v) is 16.7. The Labute approximate surface area is 163 Å². The molecule has 28 heavy (non-hydrogen) atoms. The molecule has 0 aliphatic carbocycles. The summed E-state index contributed by atoms with van der Waals surface area (Å²) in [6, 6.07) is 6.82. The van der Waals surface area contributed by atoms with Gasteiger partial charge in [-0.15, -0.1) is 0 Å². The Morgan fingerprint density at radius 3 is 2.29 bits per heavy atom. The maximum absolute atomic E-state index is 13.9. The Balaban J connectivity index is 2.46. The minimum Gasteiger partial charge on any atom is -0.384 e. The summed E-state index contributed by atoms with van der Waals surface area (Å²) in [7, 11) is -3.75. The molecule has 1 amide bonds. The first-order valence-corrected chi connectivity index (χ1v) is 10.3. The van der Waals surface area contributed by atoms with Crippen molar-refractivity contribution in [3.05, 3.63) is 53.6 Å². The molecule has 0 unspecified atom stereocenters. The number of nitrogens with one attached hydrogen (secondary N) is 2. The first-order chi connectivity index (χ1) is 13.2. The molecule has 0 aliphatic heterocycles. The smallest absolute Gasteiger partial charge is 0.258 e. The van der Waals surface area contributed by atoms with Gasteiger partial charge in [0.1, 0.15) is 11.6 Å². The number of nitrogens with zero attached hydrogens (tertiary/aromatic N) is 1. The van der Waals surface area contributed by atoms with Crippen molar-refractivity contribution in [2.75, 3.05) is 30.3 Å². The lowest BCUT2D eigenvalue weighted by molar-refractivity contribution is 0.102. The molecule has 152 valence electrons. The van der Waals surface area contributed by atoms with Crippen molar-refractivity contribution in [2.24, 2.45) is 0 Å². The van der Waals surface area contributed by atoms with Crippen LogP contribution in [0.5, 0.6) is 0 Å². The van der Waals surface area contributed by atoms with Crippen LogP contribution in [0.1, 0.15) is 31.1 Å². The van der Waals surface area contributed by atoms with Gasteiger partial charge < -0.3 is 10.6 Å². The van der Waals surface area contributed by atoms with Gasteiger partial charge in [-0.25, -0.2) is 17.2 Å². The number of hydrogen-bond donors (Lipinski definition) is 2. The summed E-state index contributed by atoms with van der Waals surface area (Å²) in [5, 5.41) is 5.48. The Bertz CT molecular complexity index is 961. The van der Waals surface area contributed by atoms with Crippen LogP contribution in [0.2, 0.25) is 0 Å². The summed E-state index contributed by atoms with van der Waals surface area (Å²) < 4.78 is 54.1. The number of sulfonamides is 1. The summed E-state index contributed by atoms with van der Waals surface area (Å²) in [5.41, 5.74) is 0.148. The number of benzene rings is 2. The lowest BCUT2D eigenvalue weighted by atomic mass is 10.1. The van der Waals surface area contributed by atoms with Crippen LogP contribution < -0.4 is 10.6 Å². The predicted molar refractivity (Wildman–Crippen MR) is 105 cm³/mol. The first-order valence-electron chi connectivity index (χ1n) is 8.89. The number of carbonyl (C=O) groups is 1. The van der Waals surface area contributed by atoms with Crippen LogP contribution in [-0.2, 0) is 10.0 Å². The molecular formula is C19H23F2N3O3S. The van der Waals surface area contributed by atoms with Crippen molar-refractivity contribution in [2.45, 2.75) is 25.7 Å². The molecule has 6 nitrogen and oxygen atoms in total. The molecular weight excluding hydrogens is 388 g/mol. The standard InChI is InChI=1S/C19H23F2N3O3S/c1-4-22-17-10-8-14(28(26,27)24(5-2)6-3)12-18(17)23-19(25)15-11-13(20)7-9-16(15)21/h7-12,22H,4-6H2,1-3H3,(H,23,25). The average molecular weight is 411 g/mol. The highest BCUT2D eigenvalue weighted by Gasteiger charge is 2.23. The van der Waals surface area contributed by atoms with Gasteiger partial charge in [0.05, 0.1) is 21.8 Å². The lowest BCUT2D eigenvalue weighted by Gasteiger charge is -2.20. The third-order valence-electron chi connectivity index (χ3n) is 4.12. The van der Waals surface area contributed by atoms with E-state index in [9.17, 15) is 22.0 Å². The normalized spacial score (nSPS) is 11.5. The Hall–Kier alpha value is -2.52. The molecule has 0 saturated carbocycles. The van der Waals surface area contributed by atoms with E-state index in [-0.39, 0.29) is 10.6 Å². The molecule has 0 aliphatic rings. The van der Waals surface area contributed by atoms with E-state index in [0.717, 1.165) is 18.2 Å². The molecule has 2 aromatic carbocycles. The van der Waals surface area contributed by atoms with Crippen molar-refractivity contribution in [1.82, 2.24) is 4.31 Å². The summed E-state index contributed by atoms with van der Waals surface area (Å²) in [6.45, 7) is 6.39. The van der Waals surface area contributed by atoms with Crippen molar-refractivity contribution >= 4 is 27.3 Å². The minimum absolute atomic E-state index is 0.00660. The van der Waals surface area contributed by atoms with Gasteiger partial charge in [0.25, 0.3) is 5.91 Å². The van der Waals surface area contributed by atoms with Gasteiger partial charge in [0.2, 0.25) is 10.0 Å². The van der Waals surface area contributed by atoms with Gasteiger partial charge in [-0.2, -0.15) is 4.31 Å². The number of hydrogen-bond acceptors (Lipinski definition) is 4. The van der Waals surface area contributed by atoms with E-state index in [1.54, 1.807) is 13.8 Å². The molecule has 2 aromatic rings. The van der Waals surface area contributed by atoms with Gasteiger partial charge >= 0.3 is 0 Å². The molecule has 2 rings (SSSR count). The van der Waals surface area contributed by atoms with Crippen molar-refractivity contribution in [3.8, 4) is 0 Å². The molecule has 0 spiro atoms. The van der Waals surface area contributed by atoms with Crippen LogP contribution in [0.25, 0.3) is 0 Å². The minimum atomic E-state index is -3.75. The monoisotopic (exact) mass is 411 g/mol. The van der Waals surface area contributed by atoms with E-state index in [4.69, 9.17) is 0 Å². The second-order valence-corrected chi connectivity index (χ2v) is 7.84. The number of anilines is 2. The Morgan fingerprint density at radius 1 is 1.00 bits per heavy atom. The zero-order chi connectivity index (χ0) is 20.9.